The van der Waals surface area contributed by atoms with Crippen LogP contribution in [0.25, 0.3) is 17.0 Å². The van der Waals surface area contributed by atoms with Crippen molar-refractivity contribution in [3.8, 4) is 17.2 Å². The van der Waals surface area contributed by atoms with Crippen LogP contribution in [0.4, 0.5) is 0 Å². The zero-order valence-corrected chi connectivity index (χ0v) is 20.1. The van der Waals surface area contributed by atoms with Gasteiger partial charge >= 0.3 is 5.97 Å². The van der Waals surface area contributed by atoms with E-state index in [0.29, 0.717) is 26.2 Å². The molecule has 4 N–H and O–H groups in total. The second kappa shape index (κ2) is 10.2. The Labute approximate surface area is 207 Å². The fourth-order valence-electron chi connectivity index (χ4n) is 3.47. The van der Waals surface area contributed by atoms with E-state index in [-0.39, 0.29) is 18.1 Å². The minimum atomic E-state index is -1.38. The van der Waals surface area contributed by atoms with E-state index < -0.39 is 30.6 Å². The Balaban J connectivity index is 1.36. The highest BCUT2D eigenvalue weighted by Crippen LogP contribution is 2.38. The molecule has 34 heavy (non-hydrogen) atoms. The quantitative estimate of drug-likeness (QED) is 0.258. The van der Waals surface area contributed by atoms with Gasteiger partial charge in [0, 0.05) is 16.7 Å². The molecule has 4 atom stereocenters. The monoisotopic (exact) mass is 553 g/mol. The first-order chi connectivity index (χ1) is 16.3. The lowest BCUT2D eigenvalue weighted by Crippen LogP contribution is -2.36. The number of rotatable bonds is 7. The number of ether oxygens (including phenoxy) is 4. The summed E-state index contributed by atoms with van der Waals surface area (Å²) in [4.78, 5) is 15.1. The van der Waals surface area contributed by atoms with Gasteiger partial charge < -0.3 is 39.3 Å². The summed E-state index contributed by atoms with van der Waals surface area (Å²) in [5.74, 6) is -0.105. The molecular weight excluding hydrogens is 534 g/mol. The van der Waals surface area contributed by atoms with Crippen LogP contribution in [0, 0.1) is 0 Å². The molecule has 1 aromatic heterocycles. The third-order valence-corrected chi connectivity index (χ3v) is 6.55. The van der Waals surface area contributed by atoms with Gasteiger partial charge in [0.2, 0.25) is 6.29 Å². The molecule has 1 aliphatic heterocycles. The van der Waals surface area contributed by atoms with Crippen LogP contribution in [0.1, 0.15) is 5.56 Å². The van der Waals surface area contributed by atoms with Crippen LogP contribution in [0.3, 0.4) is 0 Å². The number of aromatic amines is 1. The van der Waals surface area contributed by atoms with Crippen LogP contribution in [0.15, 0.2) is 47.1 Å². The summed E-state index contributed by atoms with van der Waals surface area (Å²) in [5, 5.41) is 31.3. The highest BCUT2D eigenvalue weighted by molar-refractivity contribution is 9.10. The fourth-order valence-corrected chi connectivity index (χ4v) is 4.06. The number of aromatic hydroxyl groups is 1. The molecular formula is C23H21BrClNO8. The van der Waals surface area contributed by atoms with Crippen molar-refractivity contribution < 1.29 is 39.1 Å². The maximum atomic E-state index is 12.1. The van der Waals surface area contributed by atoms with Crippen LogP contribution in [0.5, 0.6) is 17.2 Å². The number of fused-ring (bicyclic) bond motifs is 1. The number of aliphatic hydroxyl groups excluding tert-OH is 2. The fraction of sp³-hybridized carbons (Fsp3) is 0.261. The Morgan fingerprint density at radius 2 is 2.03 bits per heavy atom. The molecule has 9 nitrogen and oxygen atoms in total. The van der Waals surface area contributed by atoms with Gasteiger partial charge in [0.15, 0.2) is 11.5 Å². The van der Waals surface area contributed by atoms with E-state index in [1.807, 2.05) is 6.07 Å². The first kappa shape index (κ1) is 24.4. The minimum Gasteiger partial charge on any atom is -0.504 e. The zero-order valence-electron chi connectivity index (χ0n) is 17.8. The number of aliphatic hydroxyl groups is 2. The van der Waals surface area contributed by atoms with Gasteiger partial charge in [-0.2, -0.15) is 0 Å². The SMILES string of the molecule is COc1cc(/C=C/C(=O)OC[C@@H]2O[C@@H](Oc3c[nH]c4ccc(Br)c(Cl)c34)[C@H](O)[C@H]2O)ccc1O. The second-order valence-electron chi connectivity index (χ2n) is 7.47. The van der Waals surface area contributed by atoms with Crippen molar-refractivity contribution in [2.45, 2.75) is 24.6 Å². The Morgan fingerprint density at radius 3 is 2.79 bits per heavy atom. The number of phenols is 1. The third-order valence-electron chi connectivity index (χ3n) is 5.27. The van der Waals surface area contributed by atoms with Crippen molar-refractivity contribution in [3.05, 3.63) is 57.7 Å². The summed E-state index contributed by atoms with van der Waals surface area (Å²) in [6.07, 6.45) is -0.678. The summed E-state index contributed by atoms with van der Waals surface area (Å²) in [6, 6.07) is 8.18. The molecule has 3 aromatic rings. The van der Waals surface area contributed by atoms with Crippen molar-refractivity contribution in [3.63, 3.8) is 0 Å². The molecule has 0 saturated carbocycles. The molecule has 180 valence electrons. The smallest absolute Gasteiger partial charge is 0.330 e. The summed E-state index contributed by atoms with van der Waals surface area (Å²) in [6.45, 7) is -0.305. The Morgan fingerprint density at radius 1 is 1.24 bits per heavy atom. The van der Waals surface area contributed by atoms with E-state index in [0.717, 1.165) is 5.52 Å². The molecule has 2 heterocycles. The van der Waals surface area contributed by atoms with Crippen LogP contribution in [-0.2, 0) is 14.3 Å². The Bertz CT molecular complexity index is 1230. The van der Waals surface area contributed by atoms with Crippen LogP contribution >= 0.6 is 27.5 Å². The molecule has 0 amide bonds. The van der Waals surface area contributed by atoms with Gasteiger partial charge in [-0.1, -0.05) is 17.7 Å². The summed E-state index contributed by atoms with van der Waals surface area (Å²) >= 11 is 9.71. The first-order valence-corrected chi connectivity index (χ1v) is 11.3. The topological polar surface area (TPSA) is 130 Å². The number of carbonyl (C=O) groups is 1. The van der Waals surface area contributed by atoms with E-state index in [9.17, 15) is 20.1 Å². The van der Waals surface area contributed by atoms with Gasteiger partial charge in [-0.15, -0.1) is 0 Å². The highest BCUT2D eigenvalue weighted by Gasteiger charge is 2.45. The standard InChI is InChI=1S/C23H21BrClNO8/c1-31-15-8-11(2-6-14(15)27)3-7-18(28)32-10-17-21(29)22(30)23(34-17)33-16-9-26-13-5-4-12(24)20(25)19(13)16/h2-9,17,21-23,26-27,29-30H,10H2,1H3/b7-3+/t17-,21-,22+,23+/m0/s1. The highest BCUT2D eigenvalue weighted by atomic mass is 79.9. The van der Waals surface area contributed by atoms with Crippen molar-refractivity contribution in [2.75, 3.05) is 13.7 Å². The Hall–Kier alpha value is -2.76. The van der Waals surface area contributed by atoms with Gasteiger partial charge in [-0.3, -0.25) is 0 Å². The van der Waals surface area contributed by atoms with Crippen LogP contribution in [-0.4, -0.2) is 64.6 Å². The Kier molecular flexibility index (Phi) is 7.34. The second-order valence-corrected chi connectivity index (χ2v) is 8.71. The predicted octanol–water partition coefficient (Wildman–Crippen LogP) is 3.38. The first-order valence-electron chi connectivity index (χ1n) is 10.1. The average Bonchev–Trinajstić information content (AvgIpc) is 3.36. The number of halogens is 2. The third kappa shape index (κ3) is 5.01. The van der Waals surface area contributed by atoms with E-state index in [2.05, 4.69) is 20.9 Å². The molecule has 2 aromatic carbocycles. The van der Waals surface area contributed by atoms with Gasteiger partial charge in [-0.05, 0) is 51.8 Å². The van der Waals surface area contributed by atoms with Gasteiger partial charge in [0.25, 0.3) is 0 Å². The van der Waals surface area contributed by atoms with Crippen molar-refractivity contribution >= 4 is 50.5 Å². The van der Waals surface area contributed by atoms with E-state index in [4.69, 9.17) is 30.5 Å². The number of esters is 1. The maximum Gasteiger partial charge on any atom is 0.330 e. The number of phenolic OH excluding ortho intramolecular Hbond substituents is 1. The number of hydrogen-bond donors (Lipinski definition) is 4. The number of methoxy groups -OCH3 is 1. The zero-order chi connectivity index (χ0) is 24.4. The van der Waals surface area contributed by atoms with Gasteiger partial charge in [0.1, 0.15) is 30.7 Å². The van der Waals surface area contributed by atoms with Crippen molar-refractivity contribution in [2.24, 2.45) is 0 Å². The number of aromatic nitrogens is 1. The molecule has 0 radical (unpaired) electrons. The molecule has 0 aliphatic carbocycles. The van der Waals surface area contributed by atoms with Crippen molar-refractivity contribution in [1.82, 2.24) is 4.98 Å². The molecule has 4 rings (SSSR count). The normalized spacial score (nSPS) is 22.4. The van der Waals surface area contributed by atoms with E-state index in [1.165, 1.54) is 25.3 Å². The lowest BCUT2D eigenvalue weighted by atomic mass is 10.1. The van der Waals surface area contributed by atoms with Crippen LogP contribution < -0.4 is 9.47 Å². The van der Waals surface area contributed by atoms with Crippen LogP contribution in [0.2, 0.25) is 5.02 Å². The lowest BCUT2D eigenvalue weighted by Gasteiger charge is -2.16. The maximum absolute atomic E-state index is 12.1. The van der Waals surface area contributed by atoms with E-state index in [1.54, 1.807) is 24.4 Å². The lowest BCUT2D eigenvalue weighted by molar-refractivity contribution is -0.148. The molecule has 0 spiro atoms. The van der Waals surface area contributed by atoms with E-state index >= 15 is 0 Å². The number of carbonyl (C=O) groups excluding carboxylic acids is 1. The number of H-pyrrole nitrogens is 1. The molecule has 11 heteroatoms. The van der Waals surface area contributed by atoms with Gasteiger partial charge in [-0.25, -0.2) is 4.79 Å². The molecule has 1 fully saturated rings. The molecule has 0 unspecified atom stereocenters. The average molecular weight is 555 g/mol. The molecule has 1 aliphatic rings. The largest absolute Gasteiger partial charge is 0.504 e. The number of hydrogen-bond acceptors (Lipinski definition) is 8. The molecule has 1 saturated heterocycles. The molecule has 0 bridgehead atoms. The summed E-state index contributed by atoms with van der Waals surface area (Å²) in [5.41, 5.74) is 1.33. The van der Waals surface area contributed by atoms with Crippen molar-refractivity contribution in [1.29, 1.82) is 0 Å². The summed E-state index contributed by atoms with van der Waals surface area (Å²) < 4.78 is 22.2. The summed E-state index contributed by atoms with van der Waals surface area (Å²) in [7, 11) is 1.42. The predicted molar refractivity (Wildman–Crippen MR) is 127 cm³/mol. The van der Waals surface area contributed by atoms with Gasteiger partial charge in [0.05, 0.1) is 23.0 Å². The minimum absolute atomic E-state index is 0.0209. The number of nitrogens with one attached hydrogen (secondary N) is 1. The number of benzene rings is 2.